The van der Waals surface area contributed by atoms with E-state index in [1.807, 2.05) is 36.4 Å². The lowest BCUT2D eigenvalue weighted by molar-refractivity contribution is -0.123. The molecule has 7 heteroatoms. The fraction of sp³-hybridized carbons (Fsp3) is 0.167. The topological polar surface area (TPSA) is 86.5 Å². The maximum Gasteiger partial charge on any atom is 0.258 e. The number of ether oxygens (including phenoxy) is 2. The monoisotopic (exact) mass is 339 g/mol. The highest BCUT2D eigenvalue weighted by Crippen LogP contribution is 2.22. The summed E-state index contributed by atoms with van der Waals surface area (Å²) in [6.45, 7) is 0.0504. The van der Waals surface area contributed by atoms with Crippen molar-refractivity contribution in [2.24, 2.45) is 0 Å². The Balaban J connectivity index is 1.52. The Morgan fingerprint density at radius 1 is 1.08 bits per heavy atom. The third kappa shape index (κ3) is 4.57. The zero-order valence-electron chi connectivity index (χ0n) is 13.6. The third-order valence-electron chi connectivity index (χ3n) is 3.33. The van der Waals surface area contributed by atoms with Crippen LogP contribution in [0.15, 0.2) is 59.0 Å². The van der Waals surface area contributed by atoms with E-state index in [-0.39, 0.29) is 19.1 Å². The number of nitrogens with one attached hydrogen (secondary N) is 1. The molecule has 3 aromatic rings. The highest BCUT2D eigenvalue weighted by atomic mass is 16.5. The number of carbonyl (C=O) groups excluding carboxylic acids is 1. The van der Waals surface area contributed by atoms with Crippen LogP contribution in [0.2, 0.25) is 0 Å². The summed E-state index contributed by atoms with van der Waals surface area (Å²) >= 11 is 0. The number of para-hydroxylation sites is 1. The van der Waals surface area contributed by atoms with Crippen LogP contribution < -0.4 is 14.8 Å². The van der Waals surface area contributed by atoms with Gasteiger partial charge >= 0.3 is 0 Å². The SMILES string of the molecule is COc1cccc(-c2nnc(CNC(=O)COc3ccccc3)o2)c1. The molecule has 0 spiro atoms. The third-order valence-corrected chi connectivity index (χ3v) is 3.33. The van der Waals surface area contributed by atoms with Crippen molar-refractivity contribution < 1.29 is 18.7 Å². The van der Waals surface area contributed by atoms with Crippen LogP contribution >= 0.6 is 0 Å². The van der Waals surface area contributed by atoms with Gasteiger partial charge in [0.2, 0.25) is 11.8 Å². The summed E-state index contributed by atoms with van der Waals surface area (Å²) in [4.78, 5) is 11.8. The van der Waals surface area contributed by atoms with Gasteiger partial charge in [0, 0.05) is 5.56 Å². The predicted octanol–water partition coefficient (Wildman–Crippen LogP) is 2.44. The molecule has 0 aliphatic carbocycles. The zero-order valence-corrected chi connectivity index (χ0v) is 13.6. The fourth-order valence-corrected chi connectivity index (χ4v) is 2.09. The zero-order chi connectivity index (χ0) is 17.5. The number of amides is 1. The van der Waals surface area contributed by atoms with Crippen LogP contribution in [-0.2, 0) is 11.3 Å². The predicted molar refractivity (Wildman–Crippen MR) is 90.1 cm³/mol. The van der Waals surface area contributed by atoms with Gasteiger partial charge in [0.05, 0.1) is 13.7 Å². The Kier molecular flexibility index (Phi) is 5.26. The molecule has 0 bridgehead atoms. The molecule has 7 nitrogen and oxygen atoms in total. The summed E-state index contributed by atoms with van der Waals surface area (Å²) in [7, 11) is 1.59. The summed E-state index contributed by atoms with van der Waals surface area (Å²) in [5, 5.41) is 10.6. The molecule has 0 aliphatic rings. The van der Waals surface area contributed by atoms with Gasteiger partial charge < -0.3 is 19.2 Å². The Morgan fingerprint density at radius 2 is 1.88 bits per heavy atom. The van der Waals surface area contributed by atoms with Crippen molar-refractivity contribution in [3.63, 3.8) is 0 Å². The molecule has 128 valence electrons. The molecule has 25 heavy (non-hydrogen) atoms. The van der Waals surface area contributed by atoms with Gasteiger partial charge in [-0.05, 0) is 30.3 Å². The standard InChI is InChI=1S/C18H17N3O4/c1-23-15-9-5-6-13(10-15)18-21-20-17(25-18)11-19-16(22)12-24-14-7-3-2-4-8-14/h2-10H,11-12H2,1H3,(H,19,22). The minimum absolute atomic E-state index is 0.0824. The van der Waals surface area contributed by atoms with E-state index >= 15 is 0 Å². The lowest BCUT2D eigenvalue weighted by Crippen LogP contribution is -2.28. The molecule has 1 aromatic heterocycles. The lowest BCUT2D eigenvalue weighted by atomic mass is 10.2. The molecular formula is C18H17N3O4. The van der Waals surface area contributed by atoms with Gasteiger partial charge in [0.15, 0.2) is 6.61 Å². The van der Waals surface area contributed by atoms with E-state index in [4.69, 9.17) is 13.9 Å². The van der Waals surface area contributed by atoms with E-state index in [0.717, 1.165) is 5.56 Å². The fourth-order valence-electron chi connectivity index (χ4n) is 2.09. The summed E-state index contributed by atoms with van der Waals surface area (Å²) in [5.41, 5.74) is 0.747. The maximum absolute atomic E-state index is 11.8. The van der Waals surface area contributed by atoms with Crippen LogP contribution in [0.3, 0.4) is 0 Å². The van der Waals surface area contributed by atoms with Gasteiger partial charge in [-0.15, -0.1) is 10.2 Å². The van der Waals surface area contributed by atoms with Crippen molar-refractivity contribution in [1.29, 1.82) is 0 Å². The van der Waals surface area contributed by atoms with Gasteiger partial charge in [-0.2, -0.15) is 0 Å². The van der Waals surface area contributed by atoms with Crippen molar-refractivity contribution >= 4 is 5.91 Å². The van der Waals surface area contributed by atoms with E-state index in [2.05, 4.69) is 15.5 Å². The van der Waals surface area contributed by atoms with Crippen molar-refractivity contribution in [3.8, 4) is 23.0 Å². The first-order valence-corrected chi connectivity index (χ1v) is 7.66. The number of rotatable bonds is 7. The summed E-state index contributed by atoms with van der Waals surface area (Å²) in [5.74, 6) is 1.74. The molecule has 1 amide bonds. The van der Waals surface area contributed by atoms with E-state index in [1.165, 1.54) is 0 Å². The van der Waals surface area contributed by atoms with E-state index in [0.29, 0.717) is 23.3 Å². The second kappa shape index (κ2) is 7.96. The molecule has 0 aliphatic heterocycles. The summed E-state index contributed by atoms with van der Waals surface area (Å²) < 4.78 is 16.1. The average Bonchev–Trinajstić information content (AvgIpc) is 3.15. The van der Waals surface area contributed by atoms with Crippen molar-refractivity contribution in [1.82, 2.24) is 15.5 Å². The quantitative estimate of drug-likeness (QED) is 0.711. The Morgan fingerprint density at radius 3 is 2.68 bits per heavy atom. The van der Waals surface area contributed by atoms with Crippen LogP contribution in [0.1, 0.15) is 5.89 Å². The molecule has 0 unspecified atom stereocenters. The van der Waals surface area contributed by atoms with E-state index in [1.54, 1.807) is 25.3 Å². The van der Waals surface area contributed by atoms with E-state index < -0.39 is 0 Å². The largest absolute Gasteiger partial charge is 0.497 e. The molecule has 2 aromatic carbocycles. The van der Waals surface area contributed by atoms with Crippen molar-refractivity contribution in [2.45, 2.75) is 6.54 Å². The number of aromatic nitrogens is 2. The van der Waals surface area contributed by atoms with E-state index in [9.17, 15) is 4.79 Å². The Labute approximate surface area is 144 Å². The van der Waals surface area contributed by atoms with Crippen molar-refractivity contribution in [2.75, 3.05) is 13.7 Å². The van der Waals surface area contributed by atoms with Crippen LogP contribution in [0.5, 0.6) is 11.5 Å². The first kappa shape index (κ1) is 16.5. The molecule has 0 saturated carbocycles. The number of hydrogen-bond donors (Lipinski definition) is 1. The van der Waals surface area contributed by atoms with Crippen LogP contribution in [0, 0.1) is 0 Å². The van der Waals surface area contributed by atoms with Gasteiger partial charge in [-0.25, -0.2) is 0 Å². The number of carbonyl (C=O) groups is 1. The normalized spacial score (nSPS) is 10.3. The van der Waals surface area contributed by atoms with Gasteiger partial charge in [-0.1, -0.05) is 24.3 Å². The molecule has 1 N–H and O–H groups in total. The smallest absolute Gasteiger partial charge is 0.258 e. The highest BCUT2D eigenvalue weighted by Gasteiger charge is 2.11. The number of methoxy groups -OCH3 is 1. The average molecular weight is 339 g/mol. The van der Waals surface area contributed by atoms with Crippen LogP contribution in [0.4, 0.5) is 0 Å². The summed E-state index contributed by atoms with van der Waals surface area (Å²) in [6, 6.07) is 16.4. The molecule has 3 rings (SSSR count). The highest BCUT2D eigenvalue weighted by molar-refractivity contribution is 5.77. The summed E-state index contributed by atoms with van der Waals surface area (Å²) in [6.07, 6.45) is 0. The molecule has 0 radical (unpaired) electrons. The number of hydrogen-bond acceptors (Lipinski definition) is 6. The number of nitrogens with zero attached hydrogens (tertiary/aromatic N) is 2. The molecule has 0 fully saturated rings. The van der Waals surface area contributed by atoms with Crippen LogP contribution in [0.25, 0.3) is 11.5 Å². The van der Waals surface area contributed by atoms with Crippen LogP contribution in [-0.4, -0.2) is 29.8 Å². The van der Waals surface area contributed by atoms with Gasteiger partial charge in [0.1, 0.15) is 11.5 Å². The van der Waals surface area contributed by atoms with Crippen molar-refractivity contribution in [3.05, 3.63) is 60.5 Å². The second-order valence-corrected chi connectivity index (χ2v) is 5.11. The molecule has 0 saturated heterocycles. The maximum atomic E-state index is 11.8. The Bertz CT molecular complexity index is 833. The first-order chi connectivity index (χ1) is 12.2. The minimum Gasteiger partial charge on any atom is -0.497 e. The van der Waals surface area contributed by atoms with Gasteiger partial charge in [0.25, 0.3) is 5.91 Å². The molecule has 1 heterocycles. The Hall–Kier alpha value is -3.35. The number of benzene rings is 2. The lowest BCUT2D eigenvalue weighted by Gasteiger charge is -2.05. The molecular weight excluding hydrogens is 322 g/mol. The minimum atomic E-state index is -0.273. The van der Waals surface area contributed by atoms with Gasteiger partial charge in [-0.3, -0.25) is 4.79 Å². The second-order valence-electron chi connectivity index (χ2n) is 5.11. The first-order valence-electron chi connectivity index (χ1n) is 7.66. The molecule has 0 atom stereocenters.